The maximum absolute atomic E-state index is 12.3. The summed E-state index contributed by atoms with van der Waals surface area (Å²) in [5, 5.41) is 8.99. The van der Waals surface area contributed by atoms with Gasteiger partial charge < -0.3 is 19.5 Å². The number of nitrogens with zero attached hydrogens (tertiary/aromatic N) is 1. The SMILES string of the molecule is CCN(CCO)C(=O)c1cccc(OCC2CCCO2)c1. The Hall–Kier alpha value is -1.59. The van der Waals surface area contributed by atoms with Crippen LogP contribution in [-0.2, 0) is 4.74 Å². The van der Waals surface area contributed by atoms with Crippen LogP contribution in [0.15, 0.2) is 24.3 Å². The van der Waals surface area contributed by atoms with Crippen LogP contribution in [-0.4, -0.2) is 54.9 Å². The second-order valence-electron chi connectivity index (χ2n) is 5.08. The summed E-state index contributed by atoms with van der Waals surface area (Å²) in [6, 6.07) is 7.16. The highest BCUT2D eigenvalue weighted by atomic mass is 16.5. The molecule has 5 nitrogen and oxygen atoms in total. The number of ether oxygens (including phenoxy) is 2. The fourth-order valence-corrected chi connectivity index (χ4v) is 2.39. The highest BCUT2D eigenvalue weighted by Gasteiger charge is 2.17. The second kappa shape index (κ2) is 8.00. The fourth-order valence-electron chi connectivity index (χ4n) is 2.39. The van der Waals surface area contributed by atoms with Crippen LogP contribution >= 0.6 is 0 Å². The molecule has 1 aliphatic rings. The van der Waals surface area contributed by atoms with Crippen molar-refractivity contribution < 1.29 is 19.4 Å². The normalized spacial score (nSPS) is 17.7. The lowest BCUT2D eigenvalue weighted by atomic mass is 10.2. The molecule has 5 heteroatoms. The third kappa shape index (κ3) is 4.44. The molecule has 1 aromatic carbocycles. The van der Waals surface area contributed by atoms with Gasteiger partial charge in [0, 0.05) is 25.3 Å². The van der Waals surface area contributed by atoms with E-state index in [-0.39, 0.29) is 18.6 Å². The van der Waals surface area contributed by atoms with Gasteiger partial charge in [0.25, 0.3) is 5.91 Å². The predicted octanol–water partition coefficient (Wildman–Crippen LogP) is 1.70. The quantitative estimate of drug-likeness (QED) is 0.831. The molecule has 1 fully saturated rings. The summed E-state index contributed by atoms with van der Waals surface area (Å²) in [4.78, 5) is 13.9. The van der Waals surface area contributed by atoms with E-state index in [0.717, 1.165) is 19.4 Å². The molecule has 0 radical (unpaired) electrons. The third-order valence-corrected chi connectivity index (χ3v) is 3.58. The van der Waals surface area contributed by atoms with E-state index in [1.165, 1.54) is 0 Å². The minimum absolute atomic E-state index is 0.0329. The van der Waals surface area contributed by atoms with Crippen LogP contribution in [0.25, 0.3) is 0 Å². The predicted molar refractivity (Wildman–Crippen MR) is 79.6 cm³/mol. The zero-order valence-electron chi connectivity index (χ0n) is 12.5. The van der Waals surface area contributed by atoms with Gasteiger partial charge in [-0.15, -0.1) is 0 Å². The molecule has 1 N–H and O–H groups in total. The van der Waals surface area contributed by atoms with Crippen LogP contribution < -0.4 is 4.74 Å². The number of amides is 1. The van der Waals surface area contributed by atoms with Crippen molar-refractivity contribution in [2.45, 2.75) is 25.9 Å². The maximum atomic E-state index is 12.3. The van der Waals surface area contributed by atoms with Crippen LogP contribution in [0, 0.1) is 0 Å². The molecular weight excluding hydrogens is 270 g/mol. The van der Waals surface area contributed by atoms with Gasteiger partial charge in [0.15, 0.2) is 0 Å². The summed E-state index contributed by atoms with van der Waals surface area (Å²) in [6.07, 6.45) is 2.27. The van der Waals surface area contributed by atoms with Crippen molar-refractivity contribution in [1.29, 1.82) is 0 Å². The molecule has 0 spiro atoms. The minimum Gasteiger partial charge on any atom is -0.491 e. The Morgan fingerprint density at radius 1 is 1.52 bits per heavy atom. The number of carbonyl (C=O) groups is 1. The summed E-state index contributed by atoms with van der Waals surface area (Å²) in [5.74, 6) is 0.588. The Bertz CT molecular complexity index is 457. The standard InChI is InChI=1S/C16H23NO4/c1-2-17(8-9-18)16(19)13-5-3-6-14(11-13)21-12-15-7-4-10-20-15/h3,5-6,11,15,18H,2,4,7-10,12H2,1H3. The molecule has 1 aliphatic heterocycles. The van der Waals surface area contributed by atoms with Gasteiger partial charge in [0.1, 0.15) is 12.4 Å². The highest BCUT2D eigenvalue weighted by Crippen LogP contribution is 2.18. The van der Waals surface area contributed by atoms with Gasteiger partial charge >= 0.3 is 0 Å². The van der Waals surface area contributed by atoms with E-state index in [4.69, 9.17) is 14.6 Å². The summed E-state index contributed by atoms with van der Waals surface area (Å²) in [5.41, 5.74) is 0.579. The van der Waals surface area contributed by atoms with Crippen molar-refractivity contribution in [3.8, 4) is 5.75 Å². The number of carbonyl (C=O) groups excluding carboxylic acids is 1. The average molecular weight is 293 g/mol. The Kier molecular flexibility index (Phi) is 6.02. The third-order valence-electron chi connectivity index (χ3n) is 3.58. The molecule has 0 saturated carbocycles. The van der Waals surface area contributed by atoms with Gasteiger partial charge in [-0.25, -0.2) is 0 Å². The first-order chi connectivity index (χ1) is 10.2. The van der Waals surface area contributed by atoms with Crippen molar-refractivity contribution >= 4 is 5.91 Å². The molecule has 1 unspecified atom stereocenters. The average Bonchev–Trinajstić information content (AvgIpc) is 3.03. The van der Waals surface area contributed by atoms with E-state index in [1.54, 1.807) is 17.0 Å². The smallest absolute Gasteiger partial charge is 0.254 e. The van der Waals surface area contributed by atoms with Gasteiger partial charge in [-0.3, -0.25) is 4.79 Å². The number of likely N-dealkylation sites (N-methyl/N-ethyl adjacent to an activating group) is 1. The molecule has 21 heavy (non-hydrogen) atoms. The molecule has 2 rings (SSSR count). The van der Waals surface area contributed by atoms with Crippen LogP contribution in [0.1, 0.15) is 30.1 Å². The molecule has 0 aromatic heterocycles. The minimum atomic E-state index is -0.0888. The Morgan fingerprint density at radius 3 is 3.05 bits per heavy atom. The molecule has 1 amide bonds. The lowest BCUT2D eigenvalue weighted by molar-refractivity contribution is 0.0676. The van der Waals surface area contributed by atoms with Crippen LogP contribution in [0.3, 0.4) is 0 Å². The van der Waals surface area contributed by atoms with Crippen molar-refractivity contribution in [1.82, 2.24) is 4.90 Å². The van der Waals surface area contributed by atoms with Crippen molar-refractivity contribution in [2.75, 3.05) is 32.9 Å². The number of hydrogen-bond acceptors (Lipinski definition) is 4. The molecule has 0 bridgehead atoms. The van der Waals surface area contributed by atoms with E-state index in [0.29, 0.717) is 31.0 Å². The molecule has 1 saturated heterocycles. The number of aliphatic hydroxyl groups excluding tert-OH is 1. The van der Waals surface area contributed by atoms with E-state index < -0.39 is 0 Å². The molecule has 0 aliphatic carbocycles. The zero-order valence-corrected chi connectivity index (χ0v) is 12.5. The monoisotopic (exact) mass is 293 g/mol. The van der Waals surface area contributed by atoms with E-state index in [2.05, 4.69) is 0 Å². The Labute approximate surface area is 125 Å². The van der Waals surface area contributed by atoms with Gasteiger partial charge in [0.2, 0.25) is 0 Å². The first-order valence-corrected chi connectivity index (χ1v) is 7.49. The van der Waals surface area contributed by atoms with Gasteiger partial charge in [-0.1, -0.05) is 6.07 Å². The van der Waals surface area contributed by atoms with Crippen LogP contribution in [0.5, 0.6) is 5.75 Å². The lowest BCUT2D eigenvalue weighted by Gasteiger charge is -2.20. The van der Waals surface area contributed by atoms with Crippen molar-refractivity contribution in [3.63, 3.8) is 0 Å². The number of rotatable bonds is 7. The lowest BCUT2D eigenvalue weighted by Crippen LogP contribution is -2.33. The first kappa shape index (κ1) is 15.8. The Balaban J connectivity index is 1.97. The van der Waals surface area contributed by atoms with Gasteiger partial charge in [-0.2, -0.15) is 0 Å². The molecule has 116 valence electrons. The molecule has 1 aromatic rings. The van der Waals surface area contributed by atoms with Crippen molar-refractivity contribution in [3.05, 3.63) is 29.8 Å². The summed E-state index contributed by atoms with van der Waals surface area (Å²) < 4.78 is 11.2. The molecular formula is C16H23NO4. The van der Waals surface area contributed by atoms with Crippen LogP contribution in [0.4, 0.5) is 0 Å². The topological polar surface area (TPSA) is 59.0 Å². The number of benzene rings is 1. The fraction of sp³-hybridized carbons (Fsp3) is 0.562. The summed E-state index contributed by atoms with van der Waals surface area (Å²) in [6.45, 7) is 4.10. The number of hydrogen-bond donors (Lipinski definition) is 1. The summed E-state index contributed by atoms with van der Waals surface area (Å²) >= 11 is 0. The summed E-state index contributed by atoms with van der Waals surface area (Å²) in [7, 11) is 0. The molecule has 1 atom stereocenters. The van der Waals surface area contributed by atoms with Crippen LogP contribution in [0.2, 0.25) is 0 Å². The van der Waals surface area contributed by atoms with Gasteiger partial charge in [-0.05, 0) is 38.0 Å². The van der Waals surface area contributed by atoms with E-state index in [1.807, 2.05) is 19.1 Å². The Morgan fingerprint density at radius 2 is 2.38 bits per heavy atom. The first-order valence-electron chi connectivity index (χ1n) is 7.49. The van der Waals surface area contributed by atoms with E-state index in [9.17, 15) is 4.79 Å². The largest absolute Gasteiger partial charge is 0.491 e. The van der Waals surface area contributed by atoms with Gasteiger partial charge in [0.05, 0.1) is 12.7 Å². The molecule has 1 heterocycles. The highest BCUT2D eigenvalue weighted by molar-refractivity contribution is 5.94. The number of aliphatic hydroxyl groups is 1. The zero-order chi connectivity index (χ0) is 15.1. The van der Waals surface area contributed by atoms with Crippen molar-refractivity contribution in [2.24, 2.45) is 0 Å². The second-order valence-corrected chi connectivity index (χ2v) is 5.08. The maximum Gasteiger partial charge on any atom is 0.254 e. The van der Waals surface area contributed by atoms with E-state index >= 15 is 0 Å².